The fraction of sp³-hybridized carbons (Fsp3) is 0.455. The zero-order valence-electron chi connectivity index (χ0n) is 10.1. The van der Waals surface area contributed by atoms with Crippen LogP contribution >= 0.6 is 15.9 Å². The maximum Gasteiger partial charge on any atom is 0.243 e. The lowest BCUT2D eigenvalue weighted by atomic mass is 10.1. The largest absolute Gasteiger partial charge is 0.389 e. The van der Waals surface area contributed by atoms with Crippen LogP contribution in [0.4, 0.5) is 4.39 Å². The first-order valence-corrected chi connectivity index (χ1v) is 7.63. The highest BCUT2D eigenvalue weighted by Crippen LogP contribution is 2.19. The topological polar surface area (TPSA) is 66.4 Å². The second-order valence-corrected chi connectivity index (χ2v) is 6.90. The third-order valence-electron chi connectivity index (χ3n) is 2.59. The number of nitrogens with one attached hydrogen (secondary N) is 1. The average molecular weight is 340 g/mol. The van der Waals surface area contributed by atoms with Crippen LogP contribution in [0.1, 0.15) is 20.3 Å². The molecule has 0 heterocycles. The van der Waals surface area contributed by atoms with Crippen molar-refractivity contribution in [2.24, 2.45) is 0 Å². The molecular weight excluding hydrogens is 325 g/mol. The Bertz CT molecular complexity index is 531. The van der Waals surface area contributed by atoms with Crippen molar-refractivity contribution in [2.75, 3.05) is 6.54 Å². The van der Waals surface area contributed by atoms with Gasteiger partial charge in [-0.1, -0.05) is 22.9 Å². The summed E-state index contributed by atoms with van der Waals surface area (Å²) in [6.45, 7) is 3.07. The zero-order chi connectivity index (χ0) is 14.0. The molecule has 0 aliphatic carbocycles. The lowest BCUT2D eigenvalue weighted by Crippen LogP contribution is -2.40. The van der Waals surface area contributed by atoms with E-state index in [1.807, 2.05) is 0 Å². The Labute approximate surface area is 114 Å². The van der Waals surface area contributed by atoms with Crippen LogP contribution in [-0.2, 0) is 10.0 Å². The van der Waals surface area contributed by atoms with Crippen molar-refractivity contribution >= 4 is 26.0 Å². The van der Waals surface area contributed by atoms with Crippen LogP contribution in [-0.4, -0.2) is 25.7 Å². The van der Waals surface area contributed by atoms with Gasteiger partial charge in [-0.15, -0.1) is 0 Å². The molecule has 18 heavy (non-hydrogen) atoms. The van der Waals surface area contributed by atoms with Crippen LogP contribution in [0.2, 0.25) is 0 Å². The number of halogens is 2. The molecule has 0 saturated carbocycles. The van der Waals surface area contributed by atoms with Gasteiger partial charge in [-0.25, -0.2) is 17.5 Å². The van der Waals surface area contributed by atoms with Crippen molar-refractivity contribution in [3.8, 4) is 0 Å². The molecule has 2 N–H and O–H groups in total. The van der Waals surface area contributed by atoms with Gasteiger partial charge in [0, 0.05) is 11.0 Å². The Hall–Kier alpha value is -0.500. The second-order valence-electron chi connectivity index (χ2n) is 4.25. The SMILES string of the molecule is CCC(C)(O)CNS(=O)(=O)c1ccc(Br)cc1F. The van der Waals surface area contributed by atoms with E-state index in [0.717, 1.165) is 6.07 Å². The maximum atomic E-state index is 13.5. The van der Waals surface area contributed by atoms with E-state index in [4.69, 9.17) is 0 Å². The second kappa shape index (κ2) is 5.64. The summed E-state index contributed by atoms with van der Waals surface area (Å²) in [5, 5.41) is 9.72. The van der Waals surface area contributed by atoms with Gasteiger partial charge in [-0.3, -0.25) is 0 Å². The molecule has 0 fully saturated rings. The van der Waals surface area contributed by atoms with E-state index in [1.165, 1.54) is 19.1 Å². The van der Waals surface area contributed by atoms with Crippen molar-refractivity contribution in [1.29, 1.82) is 0 Å². The molecule has 0 saturated heterocycles. The van der Waals surface area contributed by atoms with Crippen LogP contribution < -0.4 is 4.72 Å². The van der Waals surface area contributed by atoms with Gasteiger partial charge in [0.2, 0.25) is 10.0 Å². The van der Waals surface area contributed by atoms with E-state index in [2.05, 4.69) is 20.7 Å². The van der Waals surface area contributed by atoms with E-state index in [-0.39, 0.29) is 6.54 Å². The van der Waals surface area contributed by atoms with Crippen molar-refractivity contribution < 1.29 is 17.9 Å². The van der Waals surface area contributed by atoms with Crippen LogP contribution in [0, 0.1) is 5.82 Å². The minimum absolute atomic E-state index is 0.165. The van der Waals surface area contributed by atoms with Crippen LogP contribution in [0.15, 0.2) is 27.6 Å². The van der Waals surface area contributed by atoms with Gasteiger partial charge in [0.1, 0.15) is 10.7 Å². The van der Waals surface area contributed by atoms with Gasteiger partial charge in [0.05, 0.1) is 5.60 Å². The smallest absolute Gasteiger partial charge is 0.243 e. The highest BCUT2D eigenvalue weighted by Gasteiger charge is 2.24. The Morgan fingerprint density at radius 3 is 2.61 bits per heavy atom. The van der Waals surface area contributed by atoms with Gasteiger partial charge in [-0.2, -0.15) is 0 Å². The Balaban J connectivity index is 2.94. The molecule has 7 heteroatoms. The quantitative estimate of drug-likeness (QED) is 0.862. The summed E-state index contributed by atoms with van der Waals surface area (Å²) in [5.74, 6) is -0.840. The van der Waals surface area contributed by atoms with Gasteiger partial charge in [0.25, 0.3) is 0 Å². The third-order valence-corrected chi connectivity index (χ3v) is 4.52. The number of hydrogen-bond acceptors (Lipinski definition) is 3. The first-order chi connectivity index (χ1) is 8.18. The first kappa shape index (κ1) is 15.6. The highest BCUT2D eigenvalue weighted by atomic mass is 79.9. The molecule has 1 aromatic carbocycles. The van der Waals surface area contributed by atoms with Gasteiger partial charge in [-0.05, 0) is 31.5 Å². The summed E-state index contributed by atoms with van der Waals surface area (Å²) in [6, 6.07) is 3.69. The van der Waals surface area contributed by atoms with Crippen LogP contribution in [0.25, 0.3) is 0 Å². The van der Waals surface area contributed by atoms with Gasteiger partial charge < -0.3 is 5.11 Å². The third kappa shape index (κ3) is 4.01. The molecule has 1 unspecified atom stereocenters. The zero-order valence-corrected chi connectivity index (χ0v) is 12.5. The monoisotopic (exact) mass is 339 g/mol. The number of hydrogen-bond donors (Lipinski definition) is 2. The number of sulfonamides is 1. The molecular formula is C11H15BrFNO3S. The molecule has 0 bridgehead atoms. The summed E-state index contributed by atoms with van der Waals surface area (Å²) in [6.07, 6.45) is 0.387. The van der Waals surface area contributed by atoms with E-state index in [1.54, 1.807) is 6.92 Å². The standard InChI is InChI=1S/C11H15BrFNO3S/c1-3-11(2,15)7-14-18(16,17)10-5-4-8(12)6-9(10)13/h4-6,14-15H,3,7H2,1-2H3. The predicted octanol–water partition coefficient (Wildman–Crippen LogP) is 2.03. The first-order valence-electron chi connectivity index (χ1n) is 5.35. The molecule has 1 rings (SSSR count). The highest BCUT2D eigenvalue weighted by molar-refractivity contribution is 9.10. The molecule has 0 spiro atoms. The molecule has 4 nitrogen and oxygen atoms in total. The predicted molar refractivity (Wildman–Crippen MR) is 70.2 cm³/mol. The maximum absolute atomic E-state index is 13.5. The van der Waals surface area contributed by atoms with Crippen molar-refractivity contribution in [3.63, 3.8) is 0 Å². The van der Waals surface area contributed by atoms with E-state index in [9.17, 15) is 17.9 Å². The summed E-state index contributed by atoms with van der Waals surface area (Å²) < 4.78 is 39.9. The molecule has 0 radical (unpaired) electrons. The van der Waals surface area contributed by atoms with Crippen molar-refractivity contribution in [3.05, 3.63) is 28.5 Å². The van der Waals surface area contributed by atoms with Crippen molar-refractivity contribution in [1.82, 2.24) is 4.72 Å². The molecule has 1 aromatic rings. The summed E-state index contributed by atoms with van der Waals surface area (Å²) in [5.41, 5.74) is -1.15. The number of rotatable bonds is 5. The lowest BCUT2D eigenvalue weighted by Gasteiger charge is -2.21. The summed E-state index contributed by atoms with van der Waals surface area (Å²) in [4.78, 5) is -0.433. The molecule has 0 aromatic heterocycles. The fourth-order valence-electron chi connectivity index (χ4n) is 1.15. The Morgan fingerprint density at radius 2 is 2.11 bits per heavy atom. The minimum Gasteiger partial charge on any atom is -0.389 e. The Kier molecular flexibility index (Phi) is 4.88. The summed E-state index contributed by atoms with van der Waals surface area (Å²) in [7, 11) is -3.96. The molecule has 1 atom stereocenters. The normalized spacial score (nSPS) is 15.4. The number of benzene rings is 1. The molecule has 0 amide bonds. The van der Waals surface area contributed by atoms with Crippen LogP contribution in [0.5, 0.6) is 0 Å². The minimum atomic E-state index is -3.96. The molecule has 0 aliphatic heterocycles. The lowest BCUT2D eigenvalue weighted by molar-refractivity contribution is 0.0613. The van der Waals surface area contributed by atoms with Crippen molar-refractivity contribution in [2.45, 2.75) is 30.8 Å². The average Bonchev–Trinajstić information content (AvgIpc) is 2.26. The van der Waals surface area contributed by atoms with Gasteiger partial charge >= 0.3 is 0 Å². The fourth-order valence-corrected chi connectivity index (χ4v) is 2.70. The molecule has 0 aliphatic rings. The van der Waals surface area contributed by atoms with Gasteiger partial charge in [0.15, 0.2) is 0 Å². The van der Waals surface area contributed by atoms with E-state index in [0.29, 0.717) is 10.9 Å². The van der Waals surface area contributed by atoms with Crippen LogP contribution in [0.3, 0.4) is 0 Å². The summed E-state index contributed by atoms with van der Waals surface area (Å²) >= 11 is 3.05. The number of aliphatic hydroxyl groups is 1. The molecule has 102 valence electrons. The van der Waals surface area contributed by atoms with E-state index < -0.39 is 26.3 Å². The van der Waals surface area contributed by atoms with E-state index >= 15 is 0 Å². The Morgan fingerprint density at radius 1 is 1.50 bits per heavy atom.